The van der Waals surface area contributed by atoms with Crippen LogP contribution < -0.4 is 5.32 Å². The zero-order chi connectivity index (χ0) is 21.3. The molecular weight excluding hydrogens is 447 g/mol. The molecule has 5 nitrogen and oxygen atoms in total. The van der Waals surface area contributed by atoms with Gasteiger partial charge in [0.15, 0.2) is 5.82 Å². The summed E-state index contributed by atoms with van der Waals surface area (Å²) in [4.78, 5) is 17.3. The van der Waals surface area contributed by atoms with Crippen LogP contribution in [0.5, 0.6) is 0 Å². The molecule has 4 rings (SSSR count). The highest BCUT2D eigenvalue weighted by atomic mass is 79.9. The first kappa shape index (κ1) is 20.0. The Morgan fingerprint density at radius 3 is 2.50 bits per heavy atom. The fourth-order valence-electron chi connectivity index (χ4n) is 3.05. The van der Waals surface area contributed by atoms with Gasteiger partial charge >= 0.3 is 0 Å². The molecule has 0 bridgehead atoms. The predicted octanol–water partition coefficient (Wildman–Crippen LogP) is 5.71. The van der Waals surface area contributed by atoms with Crippen molar-refractivity contribution in [1.29, 1.82) is 0 Å². The number of hydrogen-bond acceptors (Lipinski definition) is 3. The number of halogens is 2. The summed E-state index contributed by atoms with van der Waals surface area (Å²) in [7, 11) is 0. The van der Waals surface area contributed by atoms with E-state index in [2.05, 4.69) is 31.3 Å². The molecule has 0 spiro atoms. The number of amides is 1. The van der Waals surface area contributed by atoms with Crippen LogP contribution in [0.2, 0.25) is 0 Å². The van der Waals surface area contributed by atoms with Crippen LogP contribution in [0.1, 0.15) is 21.7 Å². The number of aryl methyl sites for hydroxylation is 2. The normalized spacial score (nSPS) is 10.8. The maximum atomic E-state index is 14.0. The van der Waals surface area contributed by atoms with Crippen LogP contribution in [0.25, 0.3) is 17.1 Å². The first-order valence-electron chi connectivity index (χ1n) is 9.29. The van der Waals surface area contributed by atoms with Crippen LogP contribution in [0.3, 0.4) is 0 Å². The van der Waals surface area contributed by atoms with Crippen LogP contribution in [0, 0.1) is 19.7 Å². The van der Waals surface area contributed by atoms with Gasteiger partial charge < -0.3 is 5.32 Å². The van der Waals surface area contributed by atoms with Gasteiger partial charge in [0.2, 0.25) is 5.82 Å². The van der Waals surface area contributed by atoms with Crippen LogP contribution in [0.4, 0.5) is 10.1 Å². The molecule has 4 aromatic rings. The highest BCUT2D eigenvalue weighted by Crippen LogP contribution is 2.26. The minimum atomic E-state index is -0.581. The molecule has 1 heterocycles. The highest BCUT2D eigenvalue weighted by molar-refractivity contribution is 9.10. The third-order valence-electron chi connectivity index (χ3n) is 4.63. The van der Waals surface area contributed by atoms with E-state index >= 15 is 0 Å². The molecule has 0 unspecified atom stereocenters. The van der Waals surface area contributed by atoms with E-state index in [4.69, 9.17) is 0 Å². The number of carbonyl (C=O) groups is 1. The molecule has 0 saturated heterocycles. The van der Waals surface area contributed by atoms with E-state index in [1.807, 2.05) is 56.3 Å². The fourth-order valence-corrected chi connectivity index (χ4v) is 3.31. The minimum Gasteiger partial charge on any atom is -0.317 e. The third kappa shape index (κ3) is 4.02. The third-order valence-corrected chi connectivity index (χ3v) is 5.16. The van der Waals surface area contributed by atoms with E-state index in [1.54, 1.807) is 16.8 Å². The molecule has 150 valence electrons. The molecule has 1 amide bonds. The van der Waals surface area contributed by atoms with Crippen molar-refractivity contribution >= 4 is 27.5 Å². The summed E-state index contributed by atoms with van der Waals surface area (Å²) in [5.74, 6) is -0.623. The first-order valence-corrected chi connectivity index (χ1v) is 10.1. The van der Waals surface area contributed by atoms with E-state index in [0.717, 1.165) is 26.9 Å². The average Bonchev–Trinajstić information content (AvgIpc) is 3.17. The standard InChI is InChI=1S/C23H18BrFN4O/c1-14-7-8-15(2)20(13-14)29-22(16-9-11-17(24)12-10-16)27-21(28-29)23(30)26-19-6-4-3-5-18(19)25/h3-13H,1-2H3,(H,26,30). The van der Waals surface area contributed by atoms with Crippen LogP contribution in [-0.4, -0.2) is 20.7 Å². The van der Waals surface area contributed by atoms with Gasteiger partial charge in [-0.3, -0.25) is 4.79 Å². The van der Waals surface area contributed by atoms with Crippen molar-refractivity contribution in [2.75, 3.05) is 5.32 Å². The van der Waals surface area contributed by atoms with E-state index in [1.165, 1.54) is 12.1 Å². The summed E-state index contributed by atoms with van der Waals surface area (Å²) in [5, 5.41) is 7.01. The summed E-state index contributed by atoms with van der Waals surface area (Å²) in [6.45, 7) is 3.96. The number of nitrogens with zero attached hydrogens (tertiary/aromatic N) is 3. The zero-order valence-corrected chi connectivity index (χ0v) is 17.9. The second-order valence-electron chi connectivity index (χ2n) is 6.90. The van der Waals surface area contributed by atoms with Gasteiger partial charge in [0.1, 0.15) is 5.82 Å². The lowest BCUT2D eigenvalue weighted by Crippen LogP contribution is -2.15. The number of aromatic nitrogens is 3. The number of para-hydroxylation sites is 1. The number of anilines is 1. The summed E-state index contributed by atoms with van der Waals surface area (Å²) in [5.41, 5.74) is 3.76. The maximum absolute atomic E-state index is 14.0. The molecule has 0 aliphatic heterocycles. The molecule has 0 fully saturated rings. The van der Waals surface area contributed by atoms with Gasteiger partial charge in [-0.25, -0.2) is 14.1 Å². The molecule has 3 aromatic carbocycles. The van der Waals surface area contributed by atoms with Crippen molar-refractivity contribution < 1.29 is 9.18 Å². The Hall–Kier alpha value is -3.32. The Morgan fingerprint density at radius 2 is 1.77 bits per heavy atom. The van der Waals surface area contributed by atoms with Crippen molar-refractivity contribution in [2.45, 2.75) is 13.8 Å². The van der Waals surface area contributed by atoms with Gasteiger partial charge in [-0.2, -0.15) is 0 Å². The fraction of sp³-hybridized carbons (Fsp3) is 0.0870. The molecule has 7 heteroatoms. The number of benzene rings is 3. The van der Waals surface area contributed by atoms with Crippen molar-refractivity contribution in [3.8, 4) is 17.1 Å². The van der Waals surface area contributed by atoms with E-state index in [-0.39, 0.29) is 11.5 Å². The summed E-state index contributed by atoms with van der Waals surface area (Å²) in [6.07, 6.45) is 0. The second-order valence-corrected chi connectivity index (χ2v) is 7.82. The topological polar surface area (TPSA) is 59.8 Å². The van der Waals surface area contributed by atoms with Gasteiger partial charge in [0.05, 0.1) is 11.4 Å². The van der Waals surface area contributed by atoms with Crippen molar-refractivity contribution in [1.82, 2.24) is 14.8 Å². The second kappa shape index (κ2) is 8.20. The van der Waals surface area contributed by atoms with Gasteiger partial charge in [-0.1, -0.05) is 52.3 Å². The molecule has 0 atom stereocenters. The summed E-state index contributed by atoms with van der Waals surface area (Å²) >= 11 is 3.43. The largest absolute Gasteiger partial charge is 0.317 e. The monoisotopic (exact) mass is 464 g/mol. The lowest BCUT2D eigenvalue weighted by molar-refractivity contribution is 0.101. The van der Waals surface area contributed by atoms with Crippen molar-refractivity contribution in [3.05, 3.63) is 94.0 Å². The van der Waals surface area contributed by atoms with E-state index in [9.17, 15) is 9.18 Å². The van der Waals surface area contributed by atoms with Gasteiger partial charge in [0.25, 0.3) is 5.91 Å². The number of rotatable bonds is 4. The molecule has 1 N–H and O–H groups in total. The molecular formula is C23H18BrFN4O. The molecule has 0 saturated carbocycles. The summed E-state index contributed by atoms with van der Waals surface area (Å²) < 4.78 is 16.5. The Labute approximate surface area is 181 Å². The Kier molecular flexibility index (Phi) is 5.46. The Balaban J connectivity index is 1.81. The van der Waals surface area contributed by atoms with Crippen LogP contribution >= 0.6 is 15.9 Å². The van der Waals surface area contributed by atoms with E-state index < -0.39 is 11.7 Å². The van der Waals surface area contributed by atoms with Gasteiger partial charge in [-0.05, 0) is 55.3 Å². The van der Waals surface area contributed by atoms with Gasteiger partial charge in [0, 0.05) is 10.0 Å². The zero-order valence-electron chi connectivity index (χ0n) is 16.4. The molecule has 1 aromatic heterocycles. The lowest BCUT2D eigenvalue weighted by Gasteiger charge is -2.10. The number of nitrogens with one attached hydrogen (secondary N) is 1. The van der Waals surface area contributed by atoms with Crippen molar-refractivity contribution in [2.24, 2.45) is 0 Å². The predicted molar refractivity (Wildman–Crippen MR) is 118 cm³/mol. The molecule has 0 aliphatic rings. The van der Waals surface area contributed by atoms with Crippen LogP contribution in [0.15, 0.2) is 71.2 Å². The maximum Gasteiger partial charge on any atom is 0.295 e. The summed E-state index contributed by atoms with van der Waals surface area (Å²) in [6, 6.07) is 19.6. The first-order chi connectivity index (χ1) is 14.4. The smallest absolute Gasteiger partial charge is 0.295 e. The number of hydrogen-bond donors (Lipinski definition) is 1. The molecule has 0 aliphatic carbocycles. The SMILES string of the molecule is Cc1ccc(C)c(-n2nc(C(=O)Nc3ccccc3F)nc2-c2ccc(Br)cc2)c1. The Morgan fingerprint density at radius 1 is 1.03 bits per heavy atom. The van der Waals surface area contributed by atoms with Crippen molar-refractivity contribution in [3.63, 3.8) is 0 Å². The lowest BCUT2D eigenvalue weighted by atomic mass is 10.1. The van der Waals surface area contributed by atoms with Crippen LogP contribution in [-0.2, 0) is 0 Å². The Bertz CT molecular complexity index is 1230. The number of carbonyl (C=O) groups excluding carboxylic acids is 1. The highest BCUT2D eigenvalue weighted by Gasteiger charge is 2.20. The molecule has 0 radical (unpaired) electrons. The quantitative estimate of drug-likeness (QED) is 0.420. The average molecular weight is 465 g/mol. The minimum absolute atomic E-state index is 0.0444. The van der Waals surface area contributed by atoms with Gasteiger partial charge in [-0.15, -0.1) is 5.10 Å². The molecule has 30 heavy (non-hydrogen) atoms. The van der Waals surface area contributed by atoms with E-state index in [0.29, 0.717) is 5.82 Å².